The Kier molecular flexibility index (Phi) is 4.41. The Labute approximate surface area is 150 Å². The summed E-state index contributed by atoms with van der Waals surface area (Å²) in [6.45, 7) is 1.34. The predicted octanol–water partition coefficient (Wildman–Crippen LogP) is 3.91. The van der Waals surface area contributed by atoms with Crippen molar-refractivity contribution in [1.82, 2.24) is 4.98 Å². The number of thiophene rings is 1. The molecule has 1 fully saturated rings. The first-order chi connectivity index (χ1) is 12.2. The number of allylic oxidation sites excluding steroid dienone is 1. The molecule has 1 spiro atoms. The zero-order valence-corrected chi connectivity index (χ0v) is 14.8. The molecule has 6 heteroatoms. The number of carbonyl (C=O) groups excluding carboxylic acids is 1. The van der Waals surface area contributed by atoms with Crippen molar-refractivity contribution in [3.63, 3.8) is 0 Å². The standard InChI is InChI=1S/C19H19NO4S/c1-22-18(21)17-15(5-11-25-17)16-12-20-8-4-14(16)13-2-6-19(7-3-13)23-9-10-24-19/h2,4-5,8,11-12H,3,6-7,9-10H2,1H3. The van der Waals surface area contributed by atoms with Crippen LogP contribution in [0.25, 0.3) is 16.7 Å². The van der Waals surface area contributed by atoms with Crippen LogP contribution in [-0.2, 0) is 14.2 Å². The number of aromatic nitrogens is 1. The second-order valence-corrected chi connectivity index (χ2v) is 7.03. The number of hydrogen-bond donors (Lipinski definition) is 0. The van der Waals surface area contributed by atoms with Crippen molar-refractivity contribution in [2.45, 2.75) is 25.0 Å². The van der Waals surface area contributed by atoms with E-state index in [2.05, 4.69) is 11.1 Å². The molecule has 1 aliphatic heterocycles. The monoisotopic (exact) mass is 357 g/mol. The molecular formula is C19H19NO4S. The zero-order chi connectivity index (χ0) is 17.3. The Bertz CT molecular complexity index is 820. The Morgan fingerprint density at radius 2 is 2.08 bits per heavy atom. The molecule has 130 valence electrons. The summed E-state index contributed by atoms with van der Waals surface area (Å²) in [5.74, 6) is -0.750. The van der Waals surface area contributed by atoms with Gasteiger partial charge in [-0.3, -0.25) is 4.98 Å². The average molecular weight is 357 g/mol. The van der Waals surface area contributed by atoms with Crippen LogP contribution in [0.5, 0.6) is 0 Å². The van der Waals surface area contributed by atoms with Gasteiger partial charge in [-0.15, -0.1) is 11.3 Å². The molecule has 0 N–H and O–H groups in total. The molecule has 0 amide bonds. The number of esters is 1. The number of methoxy groups -OCH3 is 1. The number of ether oxygens (including phenoxy) is 3. The van der Waals surface area contributed by atoms with Gasteiger partial charge in [-0.2, -0.15) is 0 Å². The molecule has 0 bridgehead atoms. The Hall–Kier alpha value is -2.02. The molecule has 1 aliphatic carbocycles. The van der Waals surface area contributed by atoms with Gasteiger partial charge in [0.1, 0.15) is 4.88 Å². The molecule has 4 rings (SSSR count). The Morgan fingerprint density at radius 3 is 2.80 bits per heavy atom. The van der Waals surface area contributed by atoms with Gasteiger partial charge in [0.25, 0.3) is 0 Å². The molecule has 5 nitrogen and oxygen atoms in total. The van der Waals surface area contributed by atoms with E-state index in [1.807, 2.05) is 23.7 Å². The molecule has 0 radical (unpaired) electrons. The van der Waals surface area contributed by atoms with Gasteiger partial charge in [0, 0.05) is 36.4 Å². The van der Waals surface area contributed by atoms with Gasteiger partial charge in [-0.1, -0.05) is 6.08 Å². The molecule has 25 heavy (non-hydrogen) atoms. The van der Waals surface area contributed by atoms with E-state index in [4.69, 9.17) is 14.2 Å². The van der Waals surface area contributed by atoms with Gasteiger partial charge in [0.15, 0.2) is 5.79 Å². The lowest BCUT2D eigenvalue weighted by Gasteiger charge is -2.31. The number of nitrogens with zero attached hydrogens (tertiary/aromatic N) is 1. The molecule has 3 heterocycles. The third-order valence-corrected chi connectivity index (χ3v) is 5.64. The maximum absolute atomic E-state index is 12.0. The van der Waals surface area contributed by atoms with Crippen LogP contribution in [0, 0.1) is 0 Å². The van der Waals surface area contributed by atoms with Gasteiger partial charge in [-0.05, 0) is 35.1 Å². The van der Waals surface area contributed by atoms with Crippen molar-refractivity contribution in [1.29, 1.82) is 0 Å². The highest BCUT2D eigenvalue weighted by Crippen LogP contribution is 2.41. The maximum atomic E-state index is 12.0. The van der Waals surface area contributed by atoms with E-state index < -0.39 is 5.79 Å². The summed E-state index contributed by atoms with van der Waals surface area (Å²) in [4.78, 5) is 16.9. The summed E-state index contributed by atoms with van der Waals surface area (Å²) in [6, 6.07) is 3.96. The van der Waals surface area contributed by atoms with E-state index in [-0.39, 0.29) is 5.97 Å². The van der Waals surface area contributed by atoms with Crippen molar-refractivity contribution in [2.75, 3.05) is 20.3 Å². The van der Waals surface area contributed by atoms with Crippen LogP contribution in [0.3, 0.4) is 0 Å². The number of carbonyl (C=O) groups is 1. The number of rotatable bonds is 3. The molecule has 2 aromatic heterocycles. The van der Waals surface area contributed by atoms with Crippen LogP contribution < -0.4 is 0 Å². The molecule has 0 unspecified atom stereocenters. The lowest BCUT2D eigenvalue weighted by atomic mass is 9.87. The fourth-order valence-electron chi connectivity index (χ4n) is 3.47. The van der Waals surface area contributed by atoms with Crippen molar-refractivity contribution < 1.29 is 19.0 Å². The van der Waals surface area contributed by atoms with Gasteiger partial charge >= 0.3 is 5.97 Å². The molecular weight excluding hydrogens is 338 g/mol. The summed E-state index contributed by atoms with van der Waals surface area (Å²) in [5, 5.41) is 1.91. The van der Waals surface area contributed by atoms with Crippen LogP contribution in [0.15, 0.2) is 36.0 Å². The maximum Gasteiger partial charge on any atom is 0.348 e. The van der Waals surface area contributed by atoms with Crippen LogP contribution in [0.1, 0.15) is 34.5 Å². The summed E-state index contributed by atoms with van der Waals surface area (Å²) in [5.41, 5.74) is 4.17. The highest BCUT2D eigenvalue weighted by molar-refractivity contribution is 7.12. The quantitative estimate of drug-likeness (QED) is 0.780. The van der Waals surface area contributed by atoms with E-state index >= 15 is 0 Å². The molecule has 0 atom stereocenters. The second kappa shape index (κ2) is 6.71. The first kappa shape index (κ1) is 16.4. The molecule has 2 aliphatic rings. The van der Waals surface area contributed by atoms with Crippen LogP contribution >= 0.6 is 11.3 Å². The van der Waals surface area contributed by atoms with E-state index in [0.29, 0.717) is 18.1 Å². The Balaban J connectivity index is 1.70. The molecule has 1 saturated heterocycles. The zero-order valence-electron chi connectivity index (χ0n) is 14.0. The summed E-state index contributed by atoms with van der Waals surface area (Å²) >= 11 is 1.39. The van der Waals surface area contributed by atoms with Crippen LogP contribution in [0.4, 0.5) is 0 Å². The lowest BCUT2D eigenvalue weighted by Crippen LogP contribution is -2.31. The Morgan fingerprint density at radius 1 is 1.24 bits per heavy atom. The van der Waals surface area contributed by atoms with E-state index in [9.17, 15) is 4.79 Å². The first-order valence-electron chi connectivity index (χ1n) is 8.30. The molecule has 2 aromatic rings. The third-order valence-electron chi connectivity index (χ3n) is 4.74. The van der Waals surface area contributed by atoms with Gasteiger partial charge < -0.3 is 14.2 Å². The fraction of sp³-hybridized carbons (Fsp3) is 0.368. The van der Waals surface area contributed by atoms with Crippen LogP contribution in [-0.4, -0.2) is 37.1 Å². The topological polar surface area (TPSA) is 57.7 Å². The van der Waals surface area contributed by atoms with Crippen molar-refractivity contribution in [2.24, 2.45) is 0 Å². The minimum absolute atomic E-state index is 0.316. The van der Waals surface area contributed by atoms with E-state index in [0.717, 1.165) is 36.0 Å². The summed E-state index contributed by atoms with van der Waals surface area (Å²) in [7, 11) is 1.40. The second-order valence-electron chi connectivity index (χ2n) is 6.12. The van der Waals surface area contributed by atoms with E-state index in [1.54, 1.807) is 6.20 Å². The van der Waals surface area contributed by atoms with Crippen molar-refractivity contribution in [3.8, 4) is 11.1 Å². The van der Waals surface area contributed by atoms with E-state index in [1.165, 1.54) is 24.0 Å². The highest BCUT2D eigenvalue weighted by Gasteiger charge is 2.38. The van der Waals surface area contributed by atoms with Gasteiger partial charge in [-0.25, -0.2) is 4.79 Å². The average Bonchev–Trinajstić information content (AvgIpc) is 3.32. The molecule has 0 aromatic carbocycles. The van der Waals surface area contributed by atoms with Crippen molar-refractivity contribution in [3.05, 3.63) is 46.4 Å². The first-order valence-corrected chi connectivity index (χ1v) is 9.18. The smallest absolute Gasteiger partial charge is 0.348 e. The molecule has 0 saturated carbocycles. The fourth-order valence-corrected chi connectivity index (χ4v) is 4.30. The summed E-state index contributed by atoms with van der Waals surface area (Å²) in [6.07, 6.45) is 8.26. The lowest BCUT2D eigenvalue weighted by molar-refractivity contribution is -0.159. The number of pyridine rings is 1. The van der Waals surface area contributed by atoms with Gasteiger partial charge in [0.05, 0.1) is 20.3 Å². The van der Waals surface area contributed by atoms with Gasteiger partial charge in [0.2, 0.25) is 0 Å². The SMILES string of the molecule is COC(=O)c1sccc1-c1cnccc1C1=CCC2(CC1)OCCO2. The third kappa shape index (κ3) is 3.01. The highest BCUT2D eigenvalue weighted by atomic mass is 32.1. The normalized spacial score (nSPS) is 19.0. The van der Waals surface area contributed by atoms with Crippen LogP contribution in [0.2, 0.25) is 0 Å². The minimum Gasteiger partial charge on any atom is -0.465 e. The largest absolute Gasteiger partial charge is 0.465 e. The predicted molar refractivity (Wildman–Crippen MR) is 95.4 cm³/mol. The summed E-state index contributed by atoms with van der Waals surface area (Å²) < 4.78 is 16.5. The van der Waals surface area contributed by atoms with Crippen molar-refractivity contribution >= 4 is 22.9 Å². The minimum atomic E-state index is -0.434. The number of hydrogen-bond acceptors (Lipinski definition) is 6.